The van der Waals surface area contributed by atoms with E-state index in [0.717, 1.165) is 19.3 Å². The minimum atomic E-state index is -1.46. The summed E-state index contributed by atoms with van der Waals surface area (Å²) in [7, 11) is 0. The van der Waals surface area contributed by atoms with Crippen molar-refractivity contribution in [2.24, 2.45) is 5.92 Å². The summed E-state index contributed by atoms with van der Waals surface area (Å²) in [6.07, 6.45) is 4.36. The lowest BCUT2D eigenvalue weighted by atomic mass is 9.85. The van der Waals surface area contributed by atoms with E-state index in [2.05, 4.69) is 4.79 Å². The maximum absolute atomic E-state index is 11.5. The van der Waals surface area contributed by atoms with Gasteiger partial charge < -0.3 is 10.6 Å². The second kappa shape index (κ2) is 4.67. The van der Waals surface area contributed by atoms with Crippen LogP contribution in [-0.2, 0) is 9.59 Å². The normalized spacial score (nSPS) is 17.1. The van der Waals surface area contributed by atoms with E-state index < -0.39 is 17.5 Å². The van der Waals surface area contributed by atoms with E-state index in [-0.39, 0.29) is 5.92 Å². The molecule has 76 valence electrons. The van der Waals surface area contributed by atoms with E-state index in [0.29, 0.717) is 12.8 Å². The third-order valence-corrected chi connectivity index (χ3v) is 2.51. The van der Waals surface area contributed by atoms with Crippen LogP contribution in [0.25, 0.3) is 5.53 Å². The third kappa shape index (κ3) is 2.26. The van der Waals surface area contributed by atoms with E-state index in [1.165, 1.54) is 0 Å². The summed E-state index contributed by atoms with van der Waals surface area (Å²) in [5, 5.41) is 8.56. The topological polar surface area (TPSA) is 90.8 Å². The monoisotopic (exact) mass is 196 g/mol. The van der Waals surface area contributed by atoms with Crippen LogP contribution in [0.1, 0.15) is 32.1 Å². The molecular formula is C9H12N2O3. The second-order valence-electron chi connectivity index (χ2n) is 3.45. The molecule has 0 heterocycles. The summed E-state index contributed by atoms with van der Waals surface area (Å²) in [6, 6.07) is 0. The van der Waals surface area contributed by atoms with Crippen molar-refractivity contribution in [1.82, 2.24) is 0 Å². The van der Waals surface area contributed by atoms with Crippen molar-refractivity contribution in [2.45, 2.75) is 32.1 Å². The lowest BCUT2D eigenvalue weighted by molar-refractivity contribution is -0.137. The first-order valence-corrected chi connectivity index (χ1v) is 4.66. The van der Waals surface area contributed by atoms with Crippen molar-refractivity contribution in [3.05, 3.63) is 5.53 Å². The zero-order valence-electron chi connectivity index (χ0n) is 7.77. The van der Waals surface area contributed by atoms with Crippen molar-refractivity contribution >= 4 is 17.5 Å². The Kier molecular flexibility index (Phi) is 3.54. The Bertz CT molecular complexity index is 299. The lowest BCUT2D eigenvalue weighted by Crippen LogP contribution is -2.32. The summed E-state index contributed by atoms with van der Waals surface area (Å²) in [6.45, 7) is 0. The number of carbonyl (C=O) groups is 2. The molecule has 1 rings (SSSR count). The highest BCUT2D eigenvalue weighted by molar-refractivity contribution is 6.62. The van der Waals surface area contributed by atoms with Crippen molar-refractivity contribution in [3.63, 3.8) is 0 Å². The second-order valence-corrected chi connectivity index (χ2v) is 3.45. The zero-order chi connectivity index (χ0) is 10.6. The molecule has 0 amide bonds. The van der Waals surface area contributed by atoms with Crippen molar-refractivity contribution < 1.29 is 19.5 Å². The molecule has 14 heavy (non-hydrogen) atoms. The SMILES string of the molecule is [N-]=[N+]=C(C(=O)O)C(=O)C1CCCCC1. The van der Waals surface area contributed by atoms with Crippen molar-refractivity contribution in [2.75, 3.05) is 0 Å². The maximum atomic E-state index is 11.5. The molecule has 5 nitrogen and oxygen atoms in total. The highest BCUT2D eigenvalue weighted by Gasteiger charge is 2.35. The Morgan fingerprint density at radius 1 is 1.21 bits per heavy atom. The van der Waals surface area contributed by atoms with E-state index in [1.54, 1.807) is 0 Å². The average Bonchev–Trinajstić information content (AvgIpc) is 2.19. The van der Waals surface area contributed by atoms with E-state index in [9.17, 15) is 9.59 Å². The molecule has 0 aromatic carbocycles. The average molecular weight is 196 g/mol. The van der Waals surface area contributed by atoms with E-state index >= 15 is 0 Å². The van der Waals surface area contributed by atoms with Crippen LogP contribution in [0.15, 0.2) is 0 Å². The summed E-state index contributed by atoms with van der Waals surface area (Å²) < 4.78 is 0. The van der Waals surface area contributed by atoms with Gasteiger partial charge in [0.25, 0.3) is 5.78 Å². The molecule has 1 aliphatic rings. The standard InChI is InChI=1S/C9H12N2O3/c10-11-7(9(13)14)8(12)6-4-2-1-3-5-6/h6H,1-5H2,(H,13,14). The summed E-state index contributed by atoms with van der Waals surface area (Å²) in [5.41, 5.74) is 7.64. The Hall–Kier alpha value is -1.48. The molecule has 1 aliphatic carbocycles. The van der Waals surface area contributed by atoms with Gasteiger partial charge in [-0.15, -0.1) is 0 Å². The quantitative estimate of drug-likeness (QED) is 0.314. The molecule has 1 fully saturated rings. The van der Waals surface area contributed by atoms with Crippen LogP contribution >= 0.6 is 0 Å². The number of Topliss-reactive ketones (excluding diaryl/α,β-unsaturated/α-hetero) is 1. The fraction of sp³-hybridized carbons (Fsp3) is 0.667. The number of hydrogen-bond acceptors (Lipinski definition) is 2. The van der Waals surface area contributed by atoms with Crippen LogP contribution < -0.4 is 0 Å². The van der Waals surface area contributed by atoms with Crippen LogP contribution in [-0.4, -0.2) is 27.4 Å². The van der Waals surface area contributed by atoms with Crippen LogP contribution in [0.3, 0.4) is 0 Å². The van der Waals surface area contributed by atoms with Gasteiger partial charge in [0.1, 0.15) is 0 Å². The van der Waals surface area contributed by atoms with Crippen LogP contribution in [0.2, 0.25) is 0 Å². The number of carboxylic acid groups (broad SMARTS) is 1. The summed E-state index contributed by atoms with van der Waals surface area (Å²) >= 11 is 0. The summed E-state index contributed by atoms with van der Waals surface area (Å²) in [5.74, 6) is -2.27. The van der Waals surface area contributed by atoms with Gasteiger partial charge in [-0.1, -0.05) is 19.3 Å². The molecule has 0 radical (unpaired) electrons. The Morgan fingerprint density at radius 3 is 2.21 bits per heavy atom. The fourth-order valence-electron chi connectivity index (χ4n) is 1.76. The molecular weight excluding hydrogens is 184 g/mol. The van der Waals surface area contributed by atoms with Crippen molar-refractivity contribution in [1.29, 1.82) is 0 Å². The first kappa shape index (κ1) is 10.6. The number of nitrogens with zero attached hydrogens (tertiary/aromatic N) is 2. The number of carboxylic acids is 1. The maximum Gasteiger partial charge on any atom is 0.441 e. The number of rotatable bonds is 3. The predicted octanol–water partition coefficient (Wildman–Crippen LogP) is 0.891. The number of aliphatic carboxylic acids is 1. The number of ketones is 1. The fourth-order valence-corrected chi connectivity index (χ4v) is 1.76. The number of carbonyl (C=O) groups excluding carboxylic acids is 1. The molecule has 5 heteroatoms. The molecule has 1 N–H and O–H groups in total. The molecule has 0 spiro atoms. The van der Waals surface area contributed by atoms with Gasteiger partial charge in [-0.25, -0.2) is 4.79 Å². The van der Waals surface area contributed by atoms with Crippen LogP contribution in [0, 0.1) is 5.92 Å². The zero-order valence-corrected chi connectivity index (χ0v) is 7.77. The van der Waals surface area contributed by atoms with Gasteiger partial charge in [-0.05, 0) is 12.8 Å². The van der Waals surface area contributed by atoms with E-state index in [4.69, 9.17) is 10.6 Å². The Labute approximate surface area is 81.4 Å². The molecule has 0 atom stereocenters. The molecule has 0 aliphatic heterocycles. The highest BCUT2D eigenvalue weighted by atomic mass is 16.4. The first-order chi connectivity index (χ1) is 6.66. The van der Waals surface area contributed by atoms with Crippen LogP contribution in [0.5, 0.6) is 0 Å². The van der Waals surface area contributed by atoms with Gasteiger partial charge in [0, 0.05) is 5.92 Å². The number of hydrogen-bond donors (Lipinski definition) is 1. The first-order valence-electron chi connectivity index (χ1n) is 4.66. The van der Waals surface area contributed by atoms with Crippen LogP contribution in [0.4, 0.5) is 0 Å². The van der Waals surface area contributed by atoms with Gasteiger partial charge in [0.05, 0.1) is 0 Å². The van der Waals surface area contributed by atoms with Gasteiger partial charge in [0.2, 0.25) is 0 Å². The molecule has 0 unspecified atom stereocenters. The Morgan fingerprint density at radius 2 is 1.79 bits per heavy atom. The molecule has 0 aromatic rings. The van der Waals surface area contributed by atoms with Gasteiger partial charge in [-0.3, -0.25) is 4.79 Å². The molecule has 0 saturated heterocycles. The third-order valence-electron chi connectivity index (χ3n) is 2.51. The van der Waals surface area contributed by atoms with Gasteiger partial charge in [0.15, 0.2) is 0 Å². The van der Waals surface area contributed by atoms with Gasteiger partial charge in [-0.2, -0.15) is 4.79 Å². The highest BCUT2D eigenvalue weighted by Crippen LogP contribution is 2.24. The summed E-state index contributed by atoms with van der Waals surface area (Å²) in [4.78, 5) is 24.5. The van der Waals surface area contributed by atoms with E-state index in [1.807, 2.05) is 0 Å². The lowest BCUT2D eigenvalue weighted by Gasteiger charge is -2.17. The predicted molar refractivity (Wildman–Crippen MR) is 47.8 cm³/mol. The van der Waals surface area contributed by atoms with Crippen molar-refractivity contribution in [3.8, 4) is 0 Å². The smallest absolute Gasteiger partial charge is 0.441 e. The van der Waals surface area contributed by atoms with Gasteiger partial charge >= 0.3 is 11.7 Å². The molecule has 0 bridgehead atoms. The molecule has 0 aromatic heterocycles. The molecule has 1 saturated carbocycles. The Balaban J connectivity index is 2.72. The minimum absolute atomic E-state index is 0.272. The minimum Gasteiger partial charge on any atom is -0.472 e. The largest absolute Gasteiger partial charge is 0.472 e.